The topological polar surface area (TPSA) is 90.0 Å². The third-order valence-corrected chi connectivity index (χ3v) is 8.77. The maximum absolute atomic E-state index is 12.2. The van der Waals surface area contributed by atoms with Crippen molar-refractivity contribution in [3.63, 3.8) is 0 Å². The van der Waals surface area contributed by atoms with Crippen LogP contribution in [0.25, 0.3) is 43.2 Å². The Morgan fingerprint density at radius 1 is 0.762 bits per heavy atom. The molecule has 10 heteroatoms. The number of ether oxygens (including phenoxy) is 2. The third-order valence-electron chi connectivity index (χ3n) is 6.68. The van der Waals surface area contributed by atoms with Gasteiger partial charge in [-0.25, -0.2) is 15.0 Å². The summed E-state index contributed by atoms with van der Waals surface area (Å²) in [5.74, 6) is 2.27. The van der Waals surface area contributed by atoms with Crippen LogP contribution in [-0.4, -0.2) is 34.2 Å². The van der Waals surface area contributed by atoms with Crippen molar-refractivity contribution in [1.82, 2.24) is 19.9 Å². The molecule has 216 valence electrons. The number of rotatable bonds is 6. The molecule has 0 aliphatic heterocycles. The SMILES string of the molecule is COc1ccc2c(=O)cc(-c3nc(C(C)C)cs3)[nH]c2c1.COc1ccc2c(Cl)cc(-c3nc(C(C)C)cs3)nc2c1. The van der Waals surface area contributed by atoms with E-state index in [0.717, 1.165) is 60.7 Å². The number of nitrogens with one attached hydrogen (secondary N) is 1. The first-order valence-corrected chi connectivity index (χ1v) is 15.6. The lowest BCUT2D eigenvalue weighted by molar-refractivity contribution is 0.415. The van der Waals surface area contributed by atoms with Gasteiger partial charge in [-0.2, -0.15) is 0 Å². The molecule has 0 radical (unpaired) electrons. The molecule has 6 aromatic rings. The van der Waals surface area contributed by atoms with Gasteiger partial charge in [-0.3, -0.25) is 4.79 Å². The van der Waals surface area contributed by atoms with E-state index in [2.05, 4.69) is 53.0 Å². The number of pyridine rings is 2. The number of nitrogens with zero attached hydrogens (tertiary/aromatic N) is 3. The maximum Gasteiger partial charge on any atom is 0.190 e. The molecule has 4 heterocycles. The highest BCUT2D eigenvalue weighted by atomic mass is 35.5. The van der Waals surface area contributed by atoms with Gasteiger partial charge in [0.2, 0.25) is 0 Å². The Bertz CT molecular complexity index is 1930. The summed E-state index contributed by atoms with van der Waals surface area (Å²) in [7, 11) is 3.25. The van der Waals surface area contributed by atoms with Crippen molar-refractivity contribution in [2.45, 2.75) is 39.5 Å². The van der Waals surface area contributed by atoms with E-state index in [0.29, 0.717) is 22.2 Å². The van der Waals surface area contributed by atoms with Crippen LogP contribution in [0.5, 0.6) is 11.5 Å². The molecule has 0 unspecified atom stereocenters. The van der Waals surface area contributed by atoms with Gasteiger partial charge < -0.3 is 14.5 Å². The highest BCUT2D eigenvalue weighted by Gasteiger charge is 2.13. The predicted octanol–water partition coefficient (Wildman–Crippen LogP) is 8.93. The Morgan fingerprint density at radius 3 is 1.98 bits per heavy atom. The quantitative estimate of drug-likeness (QED) is 0.200. The molecule has 42 heavy (non-hydrogen) atoms. The zero-order chi connectivity index (χ0) is 30.0. The van der Waals surface area contributed by atoms with Crippen LogP contribution in [-0.2, 0) is 0 Å². The molecule has 0 amide bonds. The number of aromatic amines is 1. The fourth-order valence-electron chi connectivity index (χ4n) is 4.22. The lowest BCUT2D eigenvalue weighted by Gasteiger charge is -2.05. The zero-order valence-electron chi connectivity index (χ0n) is 24.2. The average Bonchev–Trinajstić information content (AvgIpc) is 3.68. The van der Waals surface area contributed by atoms with Crippen molar-refractivity contribution < 1.29 is 9.47 Å². The van der Waals surface area contributed by atoms with Gasteiger partial charge in [0.1, 0.15) is 27.2 Å². The summed E-state index contributed by atoms with van der Waals surface area (Å²) in [6, 6.07) is 14.6. The molecular formula is C32H31ClN4O3S2. The summed E-state index contributed by atoms with van der Waals surface area (Å²) in [6.07, 6.45) is 0. The Kier molecular flexibility index (Phi) is 8.91. The van der Waals surface area contributed by atoms with Gasteiger partial charge in [-0.15, -0.1) is 22.7 Å². The van der Waals surface area contributed by atoms with E-state index in [1.165, 1.54) is 0 Å². The summed E-state index contributed by atoms with van der Waals surface area (Å²) >= 11 is 9.51. The van der Waals surface area contributed by atoms with E-state index in [1.807, 2.05) is 35.7 Å². The zero-order valence-corrected chi connectivity index (χ0v) is 26.6. The smallest absolute Gasteiger partial charge is 0.190 e. The van der Waals surface area contributed by atoms with Gasteiger partial charge in [0.15, 0.2) is 5.43 Å². The van der Waals surface area contributed by atoms with Crippen LogP contribution in [0.3, 0.4) is 0 Å². The third kappa shape index (κ3) is 6.33. The molecule has 4 aromatic heterocycles. The van der Waals surface area contributed by atoms with Crippen molar-refractivity contribution in [2.75, 3.05) is 14.2 Å². The van der Waals surface area contributed by atoms with Crippen LogP contribution >= 0.6 is 34.3 Å². The number of aromatic nitrogens is 4. The Balaban J connectivity index is 0.000000168. The fraction of sp³-hybridized carbons (Fsp3) is 0.250. The number of benzene rings is 2. The summed E-state index contributed by atoms with van der Waals surface area (Å²) in [4.78, 5) is 29.4. The Morgan fingerprint density at radius 2 is 1.36 bits per heavy atom. The fourth-order valence-corrected chi connectivity index (χ4v) is 6.38. The molecule has 7 nitrogen and oxygen atoms in total. The second-order valence-corrected chi connectivity index (χ2v) is 12.4. The number of halogens is 1. The number of hydrogen-bond acceptors (Lipinski definition) is 8. The van der Waals surface area contributed by atoms with Crippen LogP contribution in [0, 0.1) is 0 Å². The first kappa shape index (κ1) is 29.7. The summed E-state index contributed by atoms with van der Waals surface area (Å²) < 4.78 is 10.5. The van der Waals surface area contributed by atoms with Gasteiger partial charge in [0.05, 0.1) is 47.4 Å². The van der Waals surface area contributed by atoms with Gasteiger partial charge in [-0.1, -0.05) is 39.3 Å². The van der Waals surface area contributed by atoms with E-state index in [9.17, 15) is 4.79 Å². The first-order valence-electron chi connectivity index (χ1n) is 13.4. The Labute approximate surface area is 257 Å². The average molecular weight is 619 g/mol. The van der Waals surface area contributed by atoms with E-state index < -0.39 is 0 Å². The monoisotopic (exact) mass is 618 g/mol. The lowest BCUT2D eigenvalue weighted by atomic mass is 10.1. The summed E-state index contributed by atoms with van der Waals surface area (Å²) in [5.41, 5.74) is 5.24. The maximum atomic E-state index is 12.2. The van der Waals surface area contributed by atoms with Crippen LogP contribution in [0.4, 0.5) is 0 Å². The van der Waals surface area contributed by atoms with Crippen LogP contribution < -0.4 is 14.9 Å². The highest BCUT2D eigenvalue weighted by molar-refractivity contribution is 7.13. The summed E-state index contributed by atoms with van der Waals surface area (Å²) in [5, 5.41) is 8.09. The number of thiazole rings is 2. The van der Waals surface area contributed by atoms with E-state index in [1.54, 1.807) is 55.1 Å². The molecule has 0 spiro atoms. The van der Waals surface area contributed by atoms with E-state index in [4.69, 9.17) is 21.1 Å². The molecule has 0 atom stereocenters. The molecule has 0 fully saturated rings. The molecule has 0 saturated carbocycles. The lowest BCUT2D eigenvalue weighted by Crippen LogP contribution is -2.03. The number of hydrogen-bond donors (Lipinski definition) is 1. The molecule has 0 aliphatic rings. The van der Waals surface area contributed by atoms with Crippen molar-refractivity contribution in [3.05, 3.63) is 85.9 Å². The molecule has 0 saturated heterocycles. The minimum atomic E-state index is -0.0114. The van der Waals surface area contributed by atoms with E-state index in [-0.39, 0.29) is 5.43 Å². The minimum Gasteiger partial charge on any atom is -0.497 e. The van der Waals surface area contributed by atoms with Gasteiger partial charge in [-0.05, 0) is 42.2 Å². The van der Waals surface area contributed by atoms with Crippen LogP contribution in [0.1, 0.15) is 50.9 Å². The standard InChI is InChI=1S/C16H15ClN2OS.C16H16N2O2S/c1-9(2)15-8-21-16(19-15)14-7-12(17)11-5-4-10(20-3)6-13(11)18-14;1-9(2)14-8-21-16(18-14)13-7-15(19)11-5-4-10(20-3)6-12(11)17-13/h4-9H,1-3H3;4-9H,1-3H3,(H,17,19). The highest BCUT2D eigenvalue weighted by Crippen LogP contribution is 2.32. The second kappa shape index (κ2) is 12.6. The summed E-state index contributed by atoms with van der Waals surface area (Å²) in [6.45, 7) is 8.47. The van der Waals surface area contributed by atoms with Crippen molar-refractivity contribution in [3.8, 4) is 32.9 Å². The molecule has 2 aromatic carbocycles. The first-order chi connectivity index (χ1) is 20.2. The number of methoxy groups -OCH3 is 2. The van der Waals surface area contributed by atoms with Crippen molar-refractivity contribution in [1.29, 1.82) is 0 Å². The van der Waals surface area contributed by atoms with Crippen LogP contribution in [0.2, 0.25) is 5.02 Å². The normalized spacial score (nSPS) is 11.3. The van der Waals surface area contributed by atoms with Crippen molar-refractivity contribution >= 4 is 56.1 Å². The molecule has 6 rings (SSSR count). The van der Waals surface area contributed by atoms with Crippen LogP contribution in [0.15, 0.2) is 64.1 Å². The van der Waals surface area contributed by atoms with Gasteiger partial charge >= 0.3 is 0 Å². The largest absolute Gasteiger partial charge is 0.497 e. The Hall–Kier alpha value is -3.79. The second-order valence-electron chi connectivity index (χ2n) is 10.3. The molecule has 0 bridgehead atoms. The van der Waals surface area contributed by atoms with Gasteiger partial charge in [0.25, 0.3) is 0 Å². The molecule has 0 aliphatic carbocycles. The molecular weight excluding hydrogens is 588 g/mol. The number of H-pyrrole nitrogens is 1. The van der Waals surface area contributed by atoms with Gasteiger partial charge in [0, 0.05) is 39.7 Å². The van der Waals surface area contributed by atoms with E-state index >= 15 is 0 Å². The minimum absolute atomic E-state index is 0.0114. The number of fused-ring (bicyclic) bond motifs is 2. The molecule has 1 N–H and O–H groups in total. The van der Waals surface area contributed by atoms with Crippen molar-refractivity contribution in [2.24, 2.45) is 0 Å². The predicted molar refractivity (Wildman–Crippen MR) is 175 cm³/mol.